The summed E-state index contributed by atoms with van der Waals surface area (Å²) >= 11 is 0. The molecule has 0 radical (unpaired) electrons. The second kappa shape index (κ2) is 6.05. The molecule has 1 aliphatic rings. The van der Waals surface area contributed by atoms with E-state index in [9.17, 15) is 18.8 Å². The molecular weight excluding hydrogens is 352 g/mol. The van der Waals surface area contributed by atoms with Crippen LogP contribution in [0.4, 0.5) is 11.4 Å². The van der Waals surface area contributed by atoms with Crippen LogP contribution < -0.4 is 5.32 Å². The molecule has 2 aromatic heterocycles. The number of aliphatic hydroxyl groups is 1. The molecule has 0 unspecified atom stereocenters. The number of pyridine rings is 2. The molecule has 7 nitrogen and oxygen atoms in total. The third-order valence-corrected chi connectivity index (χ3v) is 6.22. The molecule has 0 aliphatic carbocycles. The highest BCUT2D eigenvalue weighted by atomic mass is 32.2. The molecule has 26 heavy (non-hydrogen) atoms. The highest BCUT2D eigenvalue weighted by molar-refractivity contribution is 7.91. The van der Waals surface area contributed by atoms with E-state index in [1.165, 1.54) is 6.20 Å². The molecule has 1 aliphatic heterocycles. The molecule has 0 atom stereocenters. The zero-order valence-corrected chi connectivity index (χ0v) is 14.4. The Hall–Kier alpha value is -3.02. The maximum absolute atomic E-state index is 12.3. The molecule has 0 amide bonds. The van der Waals surface area contributed by atoms with Gasteiger partial charge in [0, 0.05) is 17.8 Å². The fourth-order valence-electron chi connectivity index (χ4n) is 3.22. The first-order valence-corrected chi connectivity index (χ1v) is 9.58. The van der Waals surface area contributed by atoms with E-state index >= 15 is 0 Å². The van der Waals surface area contributed by atoms with Crippen LogP contribution in [-0.4, -0.2) is 29.2 Å². The Morgan fingerprint density at radius 3 is 2.88 bits per heavy atom. The predicted octanol–water partition coefficient (Wildman–Crippen LogP) is 2.07. The van der Waals surface area contributed by atoms with Gasteiger partial charge in [-0.15, -0.1) is 0 Å². The minimum Gasteiger partial charge on any atom is -0.392 e. The standard InChI is InChI=1S/C18H14N4O3S/c19-6-12-8-21-15-1-2-16-14(3-4-26(16,24)25)17(15)18(12)22-13-5-11(10-23)7-20-9-13/h1-2,5,7-9,23H,3-4,10H2,(H,21,22). The quantitative estimate of drug-likeness (QED) is 0.729. The van der Waals surface area contributed by atoms with Gasteiger partial charge in [-0.25, -0.2) is 8.42 Å². The fraction of sp³-hybridized carbons (Fsp3) is 0.167. The van der Waals surface area contributed by atoms with E-state index in [1.54, 1.807) is 30.6 Å². The van der Waals surface area contributed by atoms with Crippen molar-refractivity contribution < 1.29 is 13.5 Å². The lowest BCUT2D eigenvalue weighted by Crippen LogP contribution is -2.01. The molecule has 130 valence electrons. The SMILES string of the molecule is N#Cc1cnc2ccc3c(c2c1Nc1cncc(CO)c1)CCS3(=O)=O. The molecule has 1 aromatic carbocycles. The van der Waals surface area contributed by atoms with E-state index in [-0.39, 0.29) is 12.4 Å². The fourth-order valence-corrected chi connectivity index (χ4v) is 4.77. The summed E-state index contributed by atoms with van der Waals surface area (Å²) < 4.78 is 24.5. The van der Waals surface area contributed by atoms with Gasteiger partial charge in [-0.1, -0.05) is 0 Å². The van der Waals surface area contributed by atoms with Gasteiger partial charge in [0.2, 0.25) is 0 Å². The van der Waals surface area contributed by atoms with Gasteiger partial charge in [-0.3, -0.25) is 9.97 Å². The molecule has 0 bridgehead atoms. The number of rotatable bonds is 3. The lowest BCUT2D eigenvalue weighted by molar-refractivity contribution is 0.281. The summed E-state index contributed by atoms with van der Waals surface area (Å²) in [6, 6.07) is 7.07. The van der Waals surface area contributed by atoms with E-state index in [1.807, 2.05) is 0 Å². The van der Waals surface area contributed by atoms with Crippen LogP contribution in [0.5, 0.6) is 0 Å². The third kappa shape index (κ3) is 2.58. The number of aliphatic hydroxyl groups excluding tert-OH is 1. The van der Waals surface area contributed by atoms with Gasteiger partial charge in [-0.2, -0.15) is 5.26 Å². The van der Waals surface area contributed by atoms with Crippen LogP contribution in [0.3, 0.4) is 0 Å². The molecule has 3 heterocycles. The normalized spacial score (nSPS) is 14.8. The van der Waals surface area contributed by atoms with E-state index < -0.39 is 9.84 Å². The summed E-state index contributed by atoms with van der Waals surface area (Å²) in [5, 5.41) is 22.6. The Morgan fingerprint density at radius 2 is 2.12 bits per heavy atom. The summed E-state index contributed by atoms with van der Waals surface area (Å²) in [5.41, 5.74) is 3.33. The lowest BCUT2D eigenvalue weighted by Gasteiger charge is -2.14. The van der Waals surface area contributed by atoms with Gasteiger partial charge in [0.1, 0.15) is 6.07 Å². The number of aromatic nitrogens is 2. The van der Waals surface area contributed by atoms with Crippen molar-refractivity contribution in [2.24, 2.45) is 0 Å². The second-order valence-electron chi connectivity index (χ2n) is 6.03. The third-order valence-electron chi connectivity index (χ3n) is 4.42. The minimum atomic E-state index is -3.30. The van der Waals surface area contributed by atoms with Crippen molar-refractivity contribution in [3.8, 4) is 6.07 Å². The molecule has 0 spiro atoms. The number of benzene rings is 1. The van der Waals surface area contributed by atoms with Crippen LogP contribution in [0.25, 0.3) is 10.9 Å². The summed E-state index contributed by atoms with van der Waals surface area (Å²) in [7, 11) is -3.30. The number of sulfone groups is 1. The Bertz CT molecular complexity index is 1180. The number of nitrogens with zero attached hydrogens (tertiary/aromatic N) is 3. The van der Waals surface area contributed by atoms with Gasteiger partial charge in [0.15, 0.2) is 9.84 Å². The predicted molar refractivity (Wildman–Crippen MR) is 95.7 cm³/mol. The van der Waals surface area contributed by atoms with Gasteiger partial charge in [0.25, 0.3) is 0 Å². The molecular formula is C18H14N4O3S. The molecule has 0 saturated carbocycles. The van der Waals surface area contributed by atoms with Gasteiger partial charge >= 0.3 is 0 Å². The average Bonchev–Trinajstić information content (AvgIpc) is 2.97. The number of anilines is 2. The number of hydrogen-bond acceptors (Lipinski definition) is 7. The number of aryl methyl sites for hydroxylation is 1. The van der Waals surface area contributed by atoms with Crippen LogP contribution in [0, 0.1) is 11.3 Å². The molecule has 4 rings (SSSR count). The van der Waals surface area contributed by atoms with Gasteiger partial charge in [0.05, 0.1) is 45.9 Å². The maximum Gasteiger partial charge on any atom is 0.179 e. The Labute approximate surface area is 149 Å². The van der Waals surface area contributed by atoms with Gasteiger partial charge < -0.3 is 10.4 Å². The molecule has 8 heteroatoms. The molecule has 3 aromatic rings. The second-order valence-corrected chi connectivity index (χ2v) is 8.11. The molecule has 0 saturated heterocycles. The van der Waals surface area contributed by atoms with Crippen molar-refractivity contribution in [2.75, 3.05) is 11.1 Å². The lowest BCUT2D eigenvalue weighted by atomic mass is 10.0. The molecule has 0 fully saturated rings. The van der Waals surface area contributed by atoms with Crippen molar-refractivity contribution in [3.63, 3.8) is 0 Å². The van der Waals surface area contributed by atoms with Crippen LogP contribution in [0.2, 0.25) is 0 Å². The summed E-state index contributed by atoms with van der Waals surface area (Å²) in [6.45, 7) is -0.154. The number of nitriles is 1. The first-order valence-electron chi connectivity index (χ1n) is 7.93. The summed E-state index contributed by atoms with van der Waals surface area (Å²) in [4.78, 5) is 8.66. The van der Waals surface area contributed by atoms with Crippen molar-refractivity contribution in [2.45, 2.75) is 17.9 Å². The first-order chi connectivity index (χ1) is 12.5. The Morgan fingerprint density at radius 1 is 1.27 bits per heavy atom. The zero-order valence-electron chi connectivity index (χ0n) is 13.6. The maximum atomic E-state index is 12.3. The summed E-state index contributed by atoms with van der Waals surface area (Å²) in [6.07, 6.45) is 4.97. The van der Waals surface area contributed by atoms with E-state index in [4.69, 9.17) is 0 Å². The van der Waals surface area contributed by atoms with E-state index in [0.29, 0.717) is 50.3 Å². The summed E-state index contributed by atoms with van der Waals surface area (Å²) in [5.74, 6) is 0.0548. The van der Waals surface area contributed by atoms with Gasteiger partial charge in [-0.05, 0) is 35.7 Å². The van der Waals surface area contributed by atoms with E-state index in [2.05, 4.69) is 21.4 Å². The molecule has 2 N–H and O–H groups in total. The zero-order chi connectivity index (χ0) is 18.3. The Balaban J connectivity index is 1.98. The van der Waals surface area contributed by atoms with Crippen LogP contribution in [0.1, 0.15) is 16.7 Å². The average molecular weight is 366 g/mol. The van der Waals surface area contributed by atoms with Crippen molar-refractivity contribution in [1.82, 2.24) is 9.97 Å². The van der Waals surface area contributed by atoms with Crippen molar-refractivity contribution in [3.05, 3.63) is 53.5 Å². The first kappa shape index (κ1) is 16.4. The van der Waals surface area contributed by atoms with E-state index in [0.717, 1.165) is 0 Å². The van der Waals surface area contributed by atoms with Crippen molar-refractivity contribution in [1.29, 1.82) is 5.26 Å². The van der Waals surface area contributed by atoms with Crippen LogP contribution in [0.15, 0.2) is 41.7 Å². The van der Waals surface area contributed by atoms with Crippen LogP contribution in [-0.2, 0) is 22.9 Å². The highest BCUT2D eigenvalue weighted by Crippen LogP contribution is 2.38. The van der Waals surface area contributed by atoms with Crippen LogP contribution >= 0.6 is 0 Å². The van der Waals surface area contributed by atoms with Crippen molar-refractivity contribution >= 4 is 32.1 Å². The smallest absolute Gasteiger partial charge is 0.179 e. The monoisotopic (exact) mass is 366 g/mol. The number of hydrogen-bond donors (Lipinski definition) is 2. The Kier molecular flexibility index (Phi) is 3.83. The largest absolute Gasteiger partial charge is 0.392 e. The number of nitrogens with one attached hydrogen (secondary N) is 1. The highest BCUT2D eigenvalue weighted by Gasteiger charge is 2.29. The topological polar surface area (TPSA) is 116 Å². The number of fused-ring (bicyclic) bond motifs is 3. The minimum absolute atomic E-state index is 0.0548.